The number of aromatic hydroxyl groups is 2. The predicted molar refractivity (Wildman–Crippen MR) is 81.3 cm³/mol. The lowest BCUT2D eigenvalue weighted by Gasteiger charge is -2.30. The third-order valence-corrected chi connectivity index (χ3v) is 4.85. The summed E-state index contributed by atoms with van der Waals surface area (Å²) < 4.78 is 0. The van der Waals surface area contributed by atoms with Crippen LogP contribution >= 0.6 is 15.9 Å². The number of carbonyl (C=O) groups is 1. The number of hydrogen-bond acceptors (Lipinski definition) is 3. The number of phenols is 2. The second-order valence-electron chi connectivity index (χ2n) is 5.37. The average Bonchev–Trinajstić information content (AvgIpc) is 2.45. The molecule has 2 rings (SSSR count). The van der Waals surface area contributed by atoms with Crippen molar-refractivity contribution in [2.45, 2.75) is 25.7 Å². The first-order chi connectivity index (χ1) is 9.61. The highest BCUT2D eigenvalue weighted by Crippen LogP contribution is 2.31. The average molecular weight is 342 g/mol. The molecule has 0 heterocycles. The lowest BCUT2D eigenvalue weighted by Crippen LogP contribution is -2.34. The Balaban J connectivity index is 1.94. The van der Waals surface area contributed by atoms with E-state index >= 15 is 0 Å². The zero-order chi connectivity index (χ0) is 14.5. The van der Waals surface area contributed by atoms with Crippen molar-refractivity contribution in [2.75, 3.05) is 11.9 Å². The summed E-state index contributed by atoms with van der Waals surface area (Å²) in [6, 6.07) is 4.01. The van der Waals surface area contributed by atoms with Crippen molar-refractivity contribution in [1.82, 2.24) is 5.32 Å². The molecule has 0 radical (unpaired) electrons. The molecule has 1 fully saturated rings. The minimum Gasteiger partial charge on any atom is -0.508 e. The van der Waals surface area contributed by atoms with E-state index in [4.69, 9.17) is 0 Å². The summed E-state index contributed by atoms with van der Waals surface area (Å²) in [6.07, 6.45) is 4.82. The highest BCUT2D eigenvalue weighted by molar-refractivity contribution is 9.09. The summed E-state index contributed by atoms with van der Waals surface area (Å²) >= 11 is 3.54. The van der Waals surface area contributed by atoms with Gasteiger partial charge in [0, 0.05) is 17.9 Å². The minimum atomic E-state index is -0.290. The Morgan fingerprint density at radius 2 is 1.95 bits per heavy atom. The summed E-state index contributed by atoms with van der Waals surface area (Å²) in [6.45, 7) is 0.634. The first kappa shape index (κ1) is 15.2. The van der Waals surface area contributed by atoms with E-state index < -0.39 is 0 Å². The van der Waals surface area contributed by atoms with E-state index in [0.717, 1.165) is 11.8 Å². The number of hydrogen-bond donors (Lipinski definition) is 3. The van der Waals surface area contributed by atoms with Crippen LogP contribution in [-0.2, 0) is 0 Å². The van der Waals surface area contributed by atoms with Crippen LogP contribution in [0.15, 0.2) is 18.2 Å². The number of phenolic OH excluding ortho intramolecular Hbond substituents is 2. The number of alkyl halides is 1. The van der Waals surface area contributed by atoms with E-state index in [9.17, 15) is 15.0 Å². The van der Waals surface area contributed by atoms with Gasteiger partial charge in [-0.15, -0.1) is 0 Å². The van der Waals surface area contributed by atoms with Crippen molar-refractivity contribution in [2.24, 2.45) is 11.8 Å². The van der Waals surface area contributed by atoms with Crippen molar-refractivity contribution in [3.8, 4) is 11.5 Å². The molecule has 4 nitrogen and oxygen atoms in total. The maximum absolute atomic E-state index is 12.0. The van der Waals surface area contributed by atoms with E-state index in [1.54, 1.807) is 0 Å². The van der Waals surface area contributed by atoms with Gasteiger partial charge in [-0.1, -0.05) is 28.8 Å². The fourth-order valence-electron chi connectivity index (χ4n) is 2.79. The second kappa shape index (κ2) is 6.97. The van der Waals surface area contributed by atoms with E-state index in [2.05, 4.69) is 21.2 Å². The zero-order valence-electron chi connectivity index (χ0n) is 11.3. The molecule has 0 aromatic heterocycles. The molecule has 0 spiro atoms. The van der Waals surface area contributed by atoms with E-state index in [1.165, 1.54) is 37.5 Å². The zero-order valence-corrected chi connectivity index (χ0v) is 12.9. The third-order valence-electron chi connectivity index (χ3n) is 4.02. The minimum absolute atomic E-state index is 0.0503. The van der Waals surface area contributed by atoms with E-state index in [-0.39, 0.29) is 23.0 Å². The molecule has 1 aliphatic carbocycles. The molecule has 3 N–H and O–H groups in total. The molecule has 1 amide bonds. The Morgan fingerprint density at radius 3 is 2.60 bits per heavy atom. The predicted octanol–water partition coefficient (Wildman–Crippen LogP) is 3.03. The number of halogens is 1. The monoisotopic (exact) mass is 341 g/mol. The van der Waals surface area contributed by atoms with Crippen LogP contribution < -0.4 is 5.32 Å². The maximum atomic E-state index is 12.0. The Morgan fingerprint density at radius 1 is 1.25 bits per heavy atom. The van der Waals surface area contributed by atoms with Crippen LogP contribution in [0.3, 0.4) is 0 Å². The van der Waals surface area contributed by atoms with E-state index in [1.807, 2.05) is 0 Å². The molecule has 1 aromatic carbocycles. The Hall–Kier alpha value is -1.23. The van der Waals surface area contributed by atoms with Crippen molar-refractivity contribution in [3.63, 3.8) is 0 Å². The quantitative estimate of drug-likeness (QED) is 0.737. The SMILES string of the molecule is O=C(NCC1CCCCC1CBr)c1ccc(O)cc1O. The number of benzene rings is 1. The Kier molecular flexibility index (Phi) is 5.29. The topological polar surface area (TPSA) is 69.6 Å². The molecule has 110 valence electrons. The molecule has 2 atom stereocenters. The second-order valence-corrected chi connectivity index (χ2v) is 6.02. The van der Waals surface area contributed by atoms with Gasteiger partial charge in [-0.05, 0) is 36.8 Å². The normalized spacial score (nSPS) is 22.4. The molecule has 20 heavy (non-hydrogen) atoms. The Bertz CT molecular complexity index is 478. The molecule has 1 saturated carbocycles. The van der Waals surface area contributed by atoms with Crippen molar-refractivity contribution in [3.05, 3.63) is 23.8 Å². The van der Waals surface area contributed by atoms with Crippen LogP contribution in [0.2, 0.25) is 0 Å². The van der Waals surface area contributed by atoms with Crippen LogP contribution in [0.4, 0.5) is 0 Å². The molecule has 2 unspecified atom stereocenters. The van der Waals surface area contributed by atoms with Gasteiger partial charge in [0.15, 0.2) is 0 Å². The van der Waals surface area contributed by atoms with Gasteiger partial charge in [-0.2, -0.15) is 0 Å². The summed E-state index contributed by atoms with van der Waals surface area (Å²) in [5.41, 5.74) is 0.203. The van der Waals surface area contributed by atoms with Crippen LogP contribution in [0, 0.1) is 11.8 Å². The van der Waals surface area contributed by atoms with Gasteiger partial charge in [0.1, 0.15) is 11.5 Å². The van der Waals surface area contributed by atoms with Crippen LogP contribution in [0.5, 0.6) is 11.5 Å². The maximum Gasteiger partial charge on any atom is 0.255 e. The standard InChI is InChI=1S/C15H20BrNO3/c16-8-10-3-1-2-4-11(10)9-17-15(20)13-6-5-12(18)7-14(13)19/h5-7,10-11,18-19H,1-4,8-9H2,(H,17,20). The van der Waals surface area contributed by atoms with Crippen molar-refractivity contribution >= 4 is 21.8 Å². The van der Waals surface area contributed by atoms with Gasteiger partial charge < -0.3 is 15.5 Å². The highest BCUT2D eigenvalue weighted by Gasteiger charge is 2.24. The molecule has 5 heteroatoms. The molecule has 0 bridgehead atoms. The van der Waals surface area contributed by atoms with Gasteiger partial charge in [0.25, 0.3) is 5.91 Å². The molecule has 1 aliphatic rings. The van der Waals surface area contributed by atoms with Gasteiger partial charge in [0.05, 0.1) is 5.56 Å². The van der Waals surface area contributed by atoms with Gasteiger partial charge in [-0.3, -0.25) is 4.79 Å². The lowest BCUT2D eigenvalue weighted by molar-refractivity contribution is 0.0934. The van der Waals surface area contributed by atoms with Crippen molar-refractivity contribution in [1.29, 1.82) is 0 Å². The lowest BCUT2D eigenvalue weighted by atomic mass is 9.80. The number of amides is 1. The fraction of sp³-hybridized carbons (Fsp3) is 0.533. The summed E-state index contributed by atoms with van der Waals surface area (Å²) in [4.78, 5) is 12.0. The fourth-order valence-corrected chi connectivity index (χ4v) is 3.64. The van der Waals surface area contributed by atoms with Crippen LogP contribution in [0.1, 0.15) is 36.0 Å². The van der Waals surface area contributed by atoms with Gasteiger partial charge in [0.2, 0.25) is 0 Å². The first-order valence-corrected chi connectivity index (χ1v) is 8.10. The smallest absolute Gasteiger partial charge is 0.255 e. The first-order valence-electron chi connectivity index (χ1n) is 6.98. The summed E-state index contributed by atoms with van der Waals surface area (Å²) in [7, 11) is 0. The number of nitrogens with one attached hydrogen (secondary N) is 1. The largest absolute Gasteiger partial charge is 0.508 e. The van der Waals surface area contributed by atoms with Gasteiger partial charge in [-0.25, -0.2) is 0 Å². The van der Waals surface area contributed by atoms with Crippen LogP contribution in [0.25, 0.3) is 0 Å². The van der Waals surface area contributed by atoms with Crippen molar-refractivity contribution < 1.29 is 15.0 Å². The molecule has 1 aromatic rings. The number of carbonyl (C=O) groups excluding carboxylic acids is 1. The Labute approximate surface area is 127 Å². The van der Waals surface area contributed by atoms with Gasteiger partial charge >= 0.3 is 0 Å². The molecular formula is C15H20BrNO3. The summed E-state index contributed by atoms with van der Waals surface area (Å²) in [5, 5.41) is 22.8. The highest BCUT2D eigenvalue weighted by atomic mass is 79.9. The van der Waals surface area contributed by atoms with E-state index in [0.29, 0.717) is 18.4 Å². The number of rotatable bonds is 4. The van der Waals surface area contributed by atoms with Crippen LogP contribution in [-0.4, -0.2) is 28.0 Å². The summed E-state index contributed by atoms with van der Waals surface area (Å²) in [5.74, 6) is 0.569. The molecule has 0 aliphatic heterocycles. The third kappa shape index (κ3) is 3.66. The molecule has 0 saturated heterocycles. The molecular weight excluding hydrogens is 322 g/mol.